The minimum absolute atomic E-state index is 0.0682. The van der Waals surface area contributed by atoms with Gasteiger partial charge in [-0.1, -0.05) is 0 Å². The van der Waals surface area contributed by atoms with Crippen LogP contribution in [0.5, 0.6) is 0 Å². The van der Waals surface area contributed by atoms with Gasteiger partial charge in [0.1, 0.15) is 11.6 Å². The summed E-state index contributed by atoms with van der Waals surface area (Å²) < 4.78 is 0. The van der Waals surface area contributed by atoms with Gasteiger partial charge in [0.2, 0.25) is 0 Å². The van der Waals surface area contributed by atoms with Crippen molar-refractivity contribution in [3.05, 3.63) is 62.7 Å². The first-order valence-corrected chi connectivity index (χ1v) is 5.68. The number of Topliss-reactive ketones (excluding diaryl/α,β-unsaturated/α-hetero) is 2. The summed E-state index contributed by atoms with van der Waals surface area (Å²) in [5.74, 6) is 2.76. The molecule has 17 heavy (non-hydrogen) atoms. The fourth-order valence-corrected chi connectivity index (χ4v) is 1.83. The Morgan fingerprint density at radius 1 is 1.00 bits per heavy atom. The molecule has 2 rings (SSSR count). The summed E-state index contributed by atoms with van der Waals surface area (Å²) in [5.41, 5.74) is 0. The molecule has 0 aromatic heterocycles. The van der Waals surface area contributed by atoms with Crippen molar-refractivity contribution >= 4 is 11.6 Å². The molecule has 86 valence electrons. The van der Waals surface area contributed by atoms with E-state index in [1.165, 1.54) is 0 Å². The maximum absolute atomic E-state index is 11.8. The standard InChI is InChI=1S/C15H14O2/c1-11(16)14-8-6-12(10-14)7-9-15(17)13-4-2-3-5-13/h2-6,8,10H,7,9H2,1H3. The molecule has 0 aromatic rings. The van der Waals surface area contributed by atoms with Crippen LogP contribution in [0.15, 0.2) is 0 Å². The molecule has 2 nitrogen and oxygen atoms in total. The van der Waals surface area contributed by atoms with Crippen LogP contribution in [0, 0.1) is 62.7 Å². The fraction of sp³-hybridized carbons (Fsp3) is 0.200. The summed E-state index contributed by atoms with van der Waals surface area (Å²) in [6.07, 6.45) is 14.2. The molecule has 2 aliphatic carbocycles. The Kier molecular flexibility index (Phi) is 4.36. The minimum atomic E-state index is 0.0682. The van der Waals surface area contributed by atoms with Gasteiger partial charge >= 0.3 is 0 Å². The molecule has 2 fully saturated rings. The van der Waals surface area contributed by atoms with Crippen LogP contribution in [0.3, 0.4) is 0 Å². The van der Waals surface area contributed by atoms with Crippen molar-refractivity contribution in [2.24, 2.45) is 0 Å². The lowest BCUT2D eigenvalue weighted by atomic mass is 9.92. The maximum Gasteiger partial charge on any atom is 0.140 e. The van der Waals surface area contributed by atoms with Crippen molar-refractivity contribution in [1.29, 1.82) is 0 Å². The highest BCUT2D eigenvalue weighted by atomic mass is 16.1. The average molecular weight is 226 g/mol. The lowest BCUT2D eigenvalue weighted by Crippen LogP contribution is -2.11. The highest BCUT2D eigenvalue weighted by Gasteiger charge is 2.31. The molecule has 0 aromatic carbocycles. The monoisotopic (exact) mass is 226 g/mol. The van der Waals surface area contributed by atoms with Crippen LogP contribution in [-0.2, 0) is 9.59 Å². The van der Waals surface area contributed by atoms with Crippen molar-refractivity contribution in [1.82, 2.24) is 0 Å². The quantitative estimate of drug-likeness (QED) is 0.719. The Balaban J connectivity index is 1.68. The van der Waals surface area contributed by atoms with Gasteiger partial charge in [0.25, 0.3) is 0 Å². The molecule has 0 aliphatic heterocycles. The smallest absolute Gasteiger partial charge is 0.140 e. The summed E-state index contributed by atoms with van der Waals surface area (Å²) in [7, 11) is 0. The zero-order chi connectivity index (χ0) is 12.3. The lowest BCUT2D eigenvalue weighted by molar-refractivity contribution is -0.116. The minimum Gasteiger partial charge on any atom is -0.299 e. The first-order chi connectivity index (χ1) is 8.16. The number of hydrogen-bond donors (Lipinski definition) is 0. The van der Waals surface area contributed by atoms with Crippen molar-refractivity contribution in [3.63, 3.8) is 0 Å². The average Bonchev–Trinajstić information content (AvgIpc) is 2.97. The number of rotatable bonds is 5. The van der Waals surface area contributed by atoms with E-state index in [0.717, 1.165) is 17.8 Å². The topological polar surface area (TPSA) is 34.1 Å². The maximum atomic E-state index is 11.8. The first kappa shape index (κ1) is 12.8. The van der Waals surface area contributed by atoms with E-state index in [1.54, 1.807) is 6.92 Å². The summed E-state index contributed by atoms with van der Waals surface area (Å²) in [5, 5.41) is 0. The van der Waals surface area contributed by atoms with E-state index in [1.807, 2.05) is 44.9 Å². The summed E-state index contributed by atoms with van der Waals surface area (Å²) in [6.45, 7) is 1.55. The van der Waals surface area contributed by atoms with E-state index >= 15 is 0 Å². The third kappa shape index (κ3) is 3.40. The fourth-order valence-electron chi connectivity index (χ4n) is 1.83. The second kappa shape index (κ2) is 5.79. The Labute approximate surface area is 104 Å². The normalized spacial score (nSPS) is 23.4. The van der Waals surface area contributed by atoms with Crippen molar-refractivity contribution in [2.45, 2.75) is 19.8 Å². The third-order valence-electron chi connectivity index (χ3n) is 2.85. The largest absolute Gasteiger partial charge is 0.299 e. The summed E-state index contributed by atoms with van der Waals surface area (Å²) in [6, 6.07) is 0. The highest BCUT2D eigenvalue weighted by Crippen LogP contribution is 2.35. The summed E-state index contributed by atoms with van der Waals surface area (Å²) in [4.78, 5) is 22.9. The molecule has 0 saturated heterocycles. The number of hydrogen-bond acceptors (Lipinski definition) is 2. The Hall–Kier alpha value is -0.660. The summed E-state index contributed by atoms with van der Waals surface area (Å²) >= 11 is 0. The van der Waals surface area contributed by atoms with Crippen LogP contribution in [-0.4, -0.2) is 11.6 Å². The van der Waals surface area contributed by atoms with Crippen LogP contribution in [0.25, 0.3) is 0 Å². The van der Waals surface area contributed by atoms with Gasteiger partial charge in [-0.25, -0.2) is 0 Å². The molecule has 2 heteroatoms. The van der Waals surface area contributed by atoms with Gasteiger partial charge in [0, 0.05) is 18.3 Å². The molecule has 0 unspecified atom stereocenters. The molecule has 2 aliphatic rings. The zero-order valence-electron chi connectivity index (χ0n) is 9.77. The van der Waals surface area contributed by atoms with Crippen molar-refractivity contribution in [2.75, 3.05) is 0 Å². The van der Waals surface area contributed by atoms with E-state index in [-0.39, 0.29) is 11.6 Å². The number of ketones is 2. The van der Waals surface area contributed by atoms with Crippen molar-refractivity contribution < 1.29 is 9.59 Å². The van der Waals surface area contributed by atoms with Gasteiger partial charge in [-0.05, 0) is 64.2 Å². The molecule has 0 atom stereocenters. The molecule has 0 bridgehead atoms. The molecule has 10 radical (unpaired) electrons. The lowest BCUT2D eigenvalue weighted by Gasteiger charge is -2.10. The third-order valence-corrected chi connectivity index (χ3v) is 2.85. The molecular formula is C15H14O2. The Morgan fingerprint density at radius 3 is 2.29 bits per heavy atom. The zero-order valence-corrected chi connectivity index (χ0v) is 9.77. The molecule has 0 amide bonds. The van der Waals surface area contributed by atoms with Crippen LogP contribution < -0.4 is 0 Å². The van der Waals surface area contributed by atoms with E-state index < -0.39 is 0 Å². The number of carbonyl (C=O) groups is 2. The van der Waals surface area contributed by atoms with Gasteiger partial charge in [0.05, 0.1) is 0 Å². The van der Waals surface area contributed by atoms with Gasteiger partial charge in [0.15, 0.2) is 0 Å². The Bertz CT molecular complexity index is 289. The molecule has 0 heterocycles. The molecule has 0 spiro atoms. The second-order valence-corrected chi connectivity index (χ2v) is 4.16. The van der Waals surface area contributed by atoms with E-state index in [0.29, 0.717) is 12.8 Å². The van der Waals surface area contributed by atoms with Gasteiger partial charge in [-0.3, -0.25) is 9.59 Å². The van der Waals surface area contributed by atoms with Crippen LogP contribution in [0.4, 0.5) is 0 Å². The SMILES string of the molecule is CC(=O)[C]1[CH][CH][C](CCC(=O)[C]2[CH][CH][CH][CH]2)[CH]1. The Morgan fingerprint density at radius 2 is 1.71 bits per heavy atom. The molecular weight excluding hydrogens is 212 g/mol. The van der Waals surface area contributed by atoms with Crippen LogP contribution >= 0.6 is 0 Å². The van der Waals surface area contributed by atoms with Gasteiger partial charge < -0.3 is 0 Å². The molecule has 0 N–H and O–H groups in total. The van der Waals surface area contributed by atoms with E-state index in [4.69, 9.17) is 0 Å². The van der Waals surface area contributed by atoms with Gasteiger partial charge in [-0.2, -0.15) is 0 Å². The predicted octanol–water partition coefficient (Wildman–Crippen LogP) is 2.11. The van der Waals surface area contributed by atoms with E-state index in [9.17, 15) is 9.59 Å². The first-order valence-electron chi connectivity index (χ1n) is 5.68. The van der Waals surface area contributed by atoms with Crippen LogP contribution in [0.2, 0.25) is 0 Å². The molecule has 2 saturated carbocycles. The number of carbonyl (C=O) groups excluding carboxylic acids is 2. The second-order valence-electron chi connectivity index (χ2n) is 4.16. The predicted molar refractivity (Wildman–Crippen MR) is 64.8 cm³/mol. The highest BCUT2D eigenvalue weighted by molar-refractivity contribution is 5.98. The van der Waals surface area contributed by atoms with Crippen LogP contribution in [0.1, 0.15) is 19.8 Å². The van der Waals surface area contributed by atoms with Crippen molar-refractivity contribution in [3.8, 4) is 0 Å². The van der Waals surface area contributed by atoms with E-state index in [2.05, 4.69) is 0 Å². The van der Waals surface area contributed by atoms with Gasteiger partial charge in [-0.15, -0.1) is 0 Å².